The van der Waals surface area contributed by atoms with Gasteiger partial charge in [-0.25, -0.2) is 4.68 Å². The van der Waals surface area contributed by atoms with Gasteiger partial charge in [-0.05, 0) is 30.5 Å². The zero-order valence-electron chi connectivity index (χ0n) is 17.7. The second-order valence-corrected chi connectivity index (χ2v) is 8.66. The summed E-state index contributed by atoms with van der Waals surface area (Å²) in [5, 5.41) is 7.13. The Morgan fingerprint density at radius 3 is 2.69 bits per heavy atom. The largest absolute Gasteiger partial charge is 0.454 e. The van der Waals surface area contributed by atoms with Crippen molar-refractivity contribution in [2.24, 2.45) is 0 Å². The van der Waals surface area contributed by atoms with Crippen molar-refractivity contribution in [3.63, 3.8) is 0 Å². The van der Waals surface area contributed by atoms with Gasteiger partial charge in [0.2, 0.25) is 6.79 Å². The van der Waals surface area contributed by atoms with E-state index in [0.29, 0.717) is 17.1 Å². The molecule has 2 aromatic rings. The van der Waals surface area contributed by atoms with Gasteiger partial charge in [-0.3, -0.25) is 4.79 Å². The fourth-order valence-corrected chi connectivity index (χ4v) is 4.89. The number of amides is 1. The number of hydrogen-bond acceptors (Lipinski definition) is 5. The van der Waals surface area contributed by atoms with E-state index in [1.54, 1.807) is 30.1 Å². The van der Waals surface area contributed by atoms with Crippen LogP contribution in [0.5, 0.6) is 11.5 Å². The summed E-state index contributed by atoms with van der Waals surface area (Å²) in [7, 11) is 1.72. The molecule has 3 heterocycles. The first-order valence-corrected chi connectivity index (χ1v) is 10.9. The molecule has 2 aliphatic heterocycles. The highest BCUT2D eigenvalue weighted by molar-refractivity contribution is 5.99. The third-order valence-corrected chi connectivity index (χ3v) is 6.71. The highest BCUT2D eigenvalue weighted by Crippen LogP contribution is 2.46. The smallest absolute Gasteiger partial charge is 0.410 e. The van der Waals surface area contributed by atoms with Crippen LogP contribution in [0.15, 0.2) is 24.4 Å². The number of aromatic nitrogens is 2. The van der Waals surface area contributed by atoms with E-state index in [4.69, 9.17) is 9.47 Å². The summed E-state index contributed by atoms with van der Waals surface area (Å²) in [4.78, 5) is 14.9. The number of hydrogen-bond donors (Lipinski definition) is 1. The zero-order chi connectivity index (χ0) is 22.5. The average Bonchev–Trinajstić information content (AvgIpc) is 3.43. The van der Waals surface area contributed by atoms with E-state index in [-0.39, 0.29) is 36.5 Å². The van der Waals surface area contributed by atoms with Crippen molar-refractivity contribution >= 4 is 11.7 Å². The molecule has 172 valence electrons. The van der Waals surface area contributed by atoms with Crippen LogP contribution in [-0.2, 0) is 0 Å². The van der Waals surface area contributed by atoms with Crippen molar-refractivity contribution in [1.29, 1.82) is 0 Å². The maximum atomic E-state index is 14.0. The van der Waals surface area contributed by atoms with Crippen LogP contribution < -0.4 is 14.8 Å². The Bertz CT molecular complexity index is 1020. The lowest BCUT2D eigenvalue weighted by molar-refractivity contribution is -0.173. The normalized spacial score (nSPS) is 22.9. The molecular weight excluding hydrogens is 425 g/mol. The number of fused-ring (bicyclic) bond motifs is 2. The monoisotopic (exact) mass is 450 g/mol. The molecule has 1 aromatic heterocycles. The Hall–Kier alpha value is -2.91. The van der Waals surface area contributed by atoms with Crippen molar-refractivity contribution in [3.05, 3.63) is 35.5 Å². The SMILES string of the molecule is CN(C(=O)c1cnn2c1NC(c1ccc3c(c1)OCO3)CC2C(F)(F)F)C1CCCCC1. The minimum Gasteiger partial charge on any atom is -0.454 e. The third kappa shape index (κ3) is 3.65. The van der Waals surface area contributed by atoms with Crippen LogP contribution in [0, 0.1) is 0 Å². The molecule has 1 aliphatic carbocycles. The lowest BCUT2D eigenvalue weighted by Crippen LogP contribution is -2.39. The topological polar surface area (TPSA) is 68.6 Å². The fourth-order valence-electron chi connectivity index (χ4n) is 4.89. The van der Waals surface area contributed by atoms with Crippen LogP contribution in [0.1, 0.15) is 66.5 Å². The maximum absolute atomic E-state index is 14.0. The van der Waals surface area contributed by atoms with E-state index in [1.165, 1.54) is 6.20 Å². The van der Waals surface area contributed by atoms with Crippen molar-refractivity contribution in [3.8, 4) is 11.5 Å². The molecule has 1 fully saturated rings. The van der Waals surface area contributed by atoms with E-state index < -0.39 is 18.3 Å². The van der Waals surface area contributed by atoms with Gasteiger partial charge in [-0.1, -0.05) is 25.3 Å². The first kappa shape index (κ1) is 21.0. The van der Waals surface area contributed by atoms with E-state index in [0.717, 1.165) is 36.8 Å². The zero-order valence-corrected chi connectivity index (χ0v) is 17.7. The van der Waals surface area contributed by atoms with Gasteiger partial charge in [0.15, 0.2) is 17.5 Å². The minimum atomic E-state index is -4.51. The Labute approximate surface area is 183 Å². The molecule has 1 amide bonds. The number of carbonyl (C=O) groups is 1. The Morgan fingerprint density at radius 1 is 1.19 bits per heavy atom. The number of nitrogens with one attached hydrogen (secondary N) is 1. The number of alkyl halides is 3. The molecule has 7 nitrogen and oxygen atoms in total. The molecule has 0 bridgehead atoms. The quantitative estimate of drug-likeness (QED) is 0.736. The number of anilines is 1. The number of ether oxygens (including phenoxy) is 2. The molecule has 0 spiro atoms. The predicted molar refractivity (Wildman–Crippen MR) is 110 cm³/mol. The predicted octanol–water partition coefficient (Wildman–Crippen LogP) is 4.68. The molecule has 3 aliphatic rings. The van der Waals surface area contributed by atoms with Gasteiger partial charge in [0, 0.05) is 19.5 Å². The van der Waals surface area contributed by atoms with Crippen LogP contribution in [0.4, 0.5) is 19.0 Å². The summed E-state index contributed by atoms with van der Waals surface area (Å²) >= 11 is 0. The van der Waals surface area contributed by atoms with Crippen molar-refractivity contribution in [2.45, 2.75) is 62.8 Å². The molecule has 0 radical (unpaired) electrons. The fraction of sp³-hybridized carbons (Fsp3) is 0.545. The van der Waals surface area contributed by atoms with Crippen molar-refractivity contribution < 1.29 is 27.4 Å². The second kappa shape index (κ2) is 7.90. The highest BCUT2D eigenvalue weighted by Gasteiger charge is 2.47. The van der Waals surface area contributed by atoms with Gasteiger partial charge in [0.25, 0.3) is 5.91 Å². The molecule has 1 saturated carbocycles. The molecule has 1 aromatic carbocycles. The standard InChI is InChI=1S/C22H25F3N4O3/c1-28(14-5-3-2-4-6-14)21(30)15-11-26-29-19(22(23,24)25)10-16(27-20(15)29)13-7-8-17-18(9-13)32-12-31-17/h7-9,11,14,16,19,27H,2-6,10,12H2,1H3. The number of nitrogens with zero attached hydrogens (tertiary/aromatic N) is 3. The molecule has 2 unspecified atom stereocenters. The molecule has 0 saturated heterocycles. The highest BCUT2D eigenvalue weighted by atomic mass is 19.4. The molecule has 32 heavy (non-hydrogen) atoms. The summed E-state index contributed by atoms with van der Waals surface area (Å²) < 4.78 is 53.5. The Morgan fingerprint density at radius 2 is 1.94 bits per heavy atom. The van der Waals surface area contributed by atoms with E-state index in [9.17, 15) is 18.0 Å². The summed E-state index contributed by atoms with van der Waals surface area (Å²) in [6.07, 6.45) is 1.56. The molecule has 2 atom stereocenters. The number of halogens is 3. The Kier molecular flexibility index (Phi) is 5.17. The van der Waals surface area contributed by atoms with Crippen molar-refractivity contribution in [1.82, 2.24) is 14.7 Å². The van der Waals surface area contributed by atoms with E-state index >= 15 is 0 Å². The number of benzene rings is 1. The van der Waals surface area contributed by atoms with Crippen LogP contribution >= 0.6 is 0 Å². The van der Waals surface area contributed by atoms with E-state index in [1.807, 2.05) is 0 Å². The molecule has 1 N–H and O–H groups in total. The molecule has 10 heteroatoms. The summed E-state index contributed by atoms with van der Waals surface area (Å²) in [5.74, 6) is 0.860. The average molecular weight is 450 g/mol. The second-order valence-electron chi connectivity index (χ2n) is 8.66. The number of rotatable bonds is 3. The molecule has 5 rings (SSSR count). The Balaban J connectivity index is 1.48. The summed E-state index contributed by atoms with van der Waals surface area (Å²) in [5.41, 5.74) is 0.799. The van der Waals surface area contributed by atoms with Gasteiger partial charge >= 0.3 is 6.18 Å². The number of carbonyl (C=O) groups excluding carboxylic acids is 1. The van der Waals surface area contributed by atoms with Gasteiger partial charge in [0.05, 0.1) is 12.2 Å². The van der Waals surface area contributed by atoms with Gasteiger partial charge in [-0.15, -0.1) is 0 Å². The van der Waals surface area contributed by atoms with Gasteiger partial charge < -0.3 is 19.7 Å². The van der Waals surface area contributed by atoms with Gasteiger partial charge in [-0.2, -0.15) is 18.3 Å². The minimum absolute atomic E-state index is 0.0843. The van der Waals surface area contributed by atoms with Crippen LogP contribution in [0.2, 0.25) is 0 Å². The summed E-state index contributed by atoms with van der Waals surface area (Å²) in [6, 6.07) is 2.70. The van der Waals surface area contributed by atoms with Crippen molar-refractivity contribution in [2.75, 3.05) is 19.2 Å². The third-order valence-electron chi connectivity index (χ3n) is 6.71. The van der Waals surface area contributed by atoms with E-state index in [2.05, 4.69) is 10.4 Å². The lowest BCUT2D eigenvalue weighted by atomic mass is 9.94. The van der Waals surface area contributed by atoms with Crippen LogP contribution in [-0.4, -0.2) is 46.6 Å². The first-order chi connectivity index (χ1) is 15.3. The maximum Gasteiger partial charge on any atom is 0.410 e. The first-order valence-electron chi connectivity index (χ1n) is 10.9. The summed E-state index contributed by atoms with van der Waals surface area (Å²) in [6.45, 7) is 0.0843. The van der Waals surface area contributed by atoms with Crippen LogP contribution in [0.3, 0.4) is 0 Å². The molecular formula is C22H25F3N4O3. The van der Waals surface area contributed by atoms with Gasteiger partial charge in [0.1, 0.15) is 11.4 Å². The van der Waals surface area contributed by atoms with Crippen LogP contribution in [0.25, 0.3) is 0 Å². The lowest BCUT2D eigenvalue weighted by Gasteiger charge is -2.35.